The number of nitrogen functional groups attached to an aromatic ring is 1. The molecular formula is C13H16N4O2. The minimum Gasteiger partial charge on any atom is -0.494 e. The van der Waals surface area contributed by atoms with E-state index in [1.165, 1.54) is 0 Å². The van der Waals surface area contributed by atoms with Gasteiger partial charge >= 0.3 is 0 Å². The third kappa shape index (κ3) is 2.85. The SMILES string of the molecule is CCOc1ccc(C(=O)Nc2n[nH]c(C)c2N)cc1. The first-order valence-electron chi connectivity index (χ1n) is 5.96. The van der Waals surface area contributed by atoms with E-state index in [-0.39, 0.29) is 5.91 Å². The highest BCUT2D eigenvalue weighted by Crippen LogP contribution is 2.19. The van der Waals surface area contributed by atoms with Gasteiger partial charge in [0.15, 0.2) is 5.82 Å². The number of anilines is 2. The Bertz CT molecular complexity index is 575. The molecule has 0 aliphatic rings. The molecule has 19 heavy (non-hydrogen) atoms. The second-order valence-corrected chi connectivity index (χ2v) is 4.02. The summed E-state index contributed by atoms with van der Waals surface area (Å²) >= 11 is 0. The van der Waals surface area contributed by atoms with Gasteiger partial charge in [0, 0.05) is 5.56 Å². The Hall–Kier alpha value is -2.50. The van der Waals surface area contributed by atoms with Gasteiger partial charge in [0.1, 0.15) is 5.75 Å². The first kappa shape index (κ1) is 12.9. The van der Waals surface area contributed by atoms with Crippen molar-refractivity contribution < 1.29 is 9.53 Å². The average Bonchev–Trinajstić information content (AvgIpc) is 2.72. The minimum atomic E-state index is -0.263. The molecule has 0 fully saturated rings. The second-order valence-electron chi connectivity index (χ2n) is 4.02. The van der Waals surface area contributed by atoms with Crippen molar-refractivity contribution in [1.29, 1.82) is 0 Å². The number of hydrogen-bond donors (Lipinski definition) is 3. The average molecular weight is 260 g/mol. The molecule has 2 aromatic rings. The number of hydrogen-bond acceptors (Lipinski definition) is 4. The maximum atomic E-state index is 12.0. The van der Waals surface area contributed by atoms with Crippen molar-refractivity contribution in [3.8, 4) is 5.75 Å². The molecule has 1 heterocycles. The molecule has 100 valence electrons. The van der Waals surface area contributed by atoms with E-state index >= 15 is 0 Å². The van der Waals surface area contributed by atoms with Crippen LogP contribution in [-0.2, 0) is 0 Å². The predicted octanol–water partition coefficient (Wildman–Crippen LogP) is 1.95. The van der Waals surface area contributed by atoms with Crippen LogP contribution in [0.4, 0.5) is 11.5 Å². The van der Waals surface area contributed by atoms with Crippen LogP contribution in [0.15, 0.2) is 24.3 Å². The Morgan fingerprint density at radius 2 is 2.11 bits per heavy atom. The molecule has 0 saturated carbocycles. The van der Waals surface area contributed by atoms with Crippen LogP contribution < -0.4 is 15.8 Å². The molecule has 0 radical (unpaired) electrons. The van der Waals surface area contributed by atoms with Gasteiger partial charge in [-0.1, -0.05) is 0 Å². The monoisotopic (exact) mass is 260 g/mol. The fourth-order valence-electron chi connectivity index (χ4n) is 1.58. The fraction of sp³-hybridized carbons (Fsp3) is 0.231. The maximum Gasteiger partial charge on any atom is 0.256 e. The summed E-state index contributed by atoms with van der Waals surface area (Å²) in [6.07, 6.45) is 0. The van der Waals surface area contributed by atoms with Crippen molar-refractivity contribution in [2.45, 2.75) is 13.8 Å². The number of amides is 1. The molecule has 1 amide bonds. The first-order chi connectivity index (χ1) is 9.11. The summed E-state index contributed by atoms with van der Waals surface area (Å²) in [6, 6.07) is 6.88. The standard InChI is InChI=1S/C13H16N4O2/c1-3-19-10-6-4-9(5-7-10)13(18)15-12-11(14)8(2)16-17-12/h4-7H,3,14H2,1-2H3,(H2,15,16,17,18). The first-order valence-corrected chi connectivity index (χ1v) is 5.96. The van der Waals surface area contributed by atoms with Crippen LogP contribution in [0.25, 0.3) is 0 Å². The van der Waals surface area contributed by atoms with E-state index in [1.54, 1.807) is 31.2 Å². The van der Waals surface area contributed by atoms with Crippen LogP contribution in [0.2, 0.25) is 0 Å². The Kier molecular flexibility index (Phi) is 3.70. The van der Waals surface area contributed by atoms with Gasteiger partial charge in [-0.3, -0.25) is 9.89 Å². The van der Waals surface area contributed by atoms with E-state index < -0.39 is 0 Å². The number of carbonyl (C=O) groups is 1. The molecule has 2 rings (SSSR count). The molecule has 0 saturated heterocycles. The molecule has 0 atom stereocenters. The fourth-order valence-corrected chi connectivity index (χ4v) is 1.58. The van der Waals surface area contributed by atoms with E-state index in [1.807, 2.05) is 6.92 Å². The number of ether oxygens (including phenoxy) is 1. The number of nitrogens with two attached hydrogens (primary N) is 1. The van der Waals surface area contributed by atoms with E-state index in [9.17, 15) is 4.79 Å². The van der Waals surface area contributed by atoms with Gasteiger partial charge in [0.2, 0.25) is 0 Å². The van der Waals surface area contributed by atoms with E-state index in [0.29, 0.717) is 23.7 Å². The maximum absolute atomic E-state index is 12.0. The van der Waals surface area contributed by atoms with Gasteiger partial charge in [0.05, 0.1) is 18.0 Å². The van der Waals surface area contributed by atoms with Gasteiger partial charge in [-0.25, -0.2) is 0 Å². The number of benzene rings is 1. The zero-order valence-electron chi connectivity index (χ0n) is 10.9. The van der Waals surface area contributed by atoms with Crippen molar-refractivity contribution in [1.82, 2.24) is 10.2 Å². The van der Waals surface area contributed by atoms with Crippen LogP contribution in [0.1, 0.15) is 23.0 Å². The summed E-state index contributed by atoms with van der Waals surface area (Å²) < 4.78 is 5.31. The zero-order valence-corrected chi connectivity index (χ0v) is 10.9. The van der Waals surface area contributed by atoms with Crippen LogP contribution in [-0.4, -0.2) is 22.7 Å². The Morgan fingerprint density at radius 1 is 1.42 bits per heavy atom. The van der Waals surface area contributed by atoms with Gasteiger partial charge in [0.25, 0.3) is 5.91 Å². The predicted molar refractivity (Wildman–Crippen MR) is 73.3 cm³/mol. The van der Waals surface area contributed by atoms with Crippen molar-refractivity contribution >= 4 is 17.4 Å². The summed E-state index contributed by atoms with van der Waals surface area (Å²) in [4.78, 5) is 12.0. The van der Waals surface area contributed by atoms with E-state index in [2.05, 4.69) is 15.5 Å². The number of carbonyl (C=O) groups excluding carboxylic acids is 1. The largest absolute Gasteiger partial charge is 0.494 e. The Balaban J connectivity index is 2.09. The topological polar surface area (TPSA) is 93.0 Å². The lowest BCUT2D eigenvalue weighted by atomic mass is 10.2. The third-order valence-electron chi connectivity index (χ3n) is 2.65. The number of H-pyrrole nitrogens is 1. The molecule has 1 aromatic heterocycles. The van der Waals surface area contributed by atoms with Crippen molar-refractivity contribution in [2.24, 2.45) is 0 Å². The number of nitrogens with one attached hydrogen (secondary N) is 2. The molecule has 0 bridgehead atoms. The van der Waals surface area contributed by atoms with Crippen LogP contribution in [0.3, 0.4) is 0 Å². The Labute approximate surface area is 111 Å². The molecule has 0 aliphatic heterocycles. The number of aryl methyl sites for hydroxylation is 1. The molecular weight excluding hydrogens is 244 g/mol. The highest BCUT2D eigenvalue weighted by Gasteiger charge is 2.11. The summed E-state index contributed by atoms with van der Waals surface area (Å²) in [5.41, 5.74) is 7.45. The normalized spacial score (nSPS) is 10.2. The van der Waals surface area contributed by atoms with Crippen molar-refractivity contribution in [2.75, 3.05) is 17.7 Å². The quantitative estimate of drug-likeness (QED) is 0.783. The Morgan fingerprint density at radius 3 is 2.63 bits per heavy atom. The minimum absolute atomic E-state index is 0.263. The summed E-state index contributed by atoms with van der Waals surface area (Å²) in [7, 11) is 0. The van der Waals surface area contributed by atoms with E-state index in [0.717, 1.165) is 11.4 Å². The molecule has 1 aromatic carbocycles. The molecule has 4 N–H and O–H groups in total. The number of nitrogens with zero attached hydrogens (tertiary/aromatic N) is 1. The number of aromatic amines is 1. The molecule has 0 spiro atoms. The van der Waals surface area contributed by atoms with Gasteiger partial charge in [-0.05, 0) is 38.1 Å². The lowest BCUT2D eigenvalue weighted by Crippen LogP contribution is -2.13. The second kappa shape index (κ2) is 5.43. The van der Waals surface area contributed by atoms with Crippen LogP contribution in [0.5, 0.6) is 5.75 Å². The van der Waals surface area contributed by atoms with Crippen molar-refractivity contribution in [3.05, 3.63) is 35.5 Å². The summed E-state index contributed by atoms with van der Waals surface area (Å²) in [5.74, 6) is 0.812. The van der Waals surface area contributed by atoms with Crippen LogP contribution >= 0.6 is 0 Å². The number of rotatable bonds is 4. The van der Waals surface area contributed by atoms with Crippen molar-refractivity contribution in [3.63, 3.8) is 0 Å². The highest BCUT2D eigenvalue weighted by molar-refractivity contribution is 6.05. The van der Waals surface area contributed by atoms with Gasteiger partial charge < -0.3 is 15.8 Å². The third-order valence-corrected chi connectivity index (χ3v) is 2.65. The summed E-state index contributed by atoms with van der Waals surface area (Å²) in [5, 5.41) is 9.28. The van der Waals surface area contributed by atoms with E-state index in [4.69, 9.17) is 10.5 Å². The van der Waals surface area contributed by atoms with Crippen LogP contribution in [0, 0.1) is 6.92 Å². The van der Waals surface area contributed by atoms with Gasteiger partial charge in [-0.2, -0.15) is 5.10 Å². The molecule has 0 aliphatic carbocycles. The van der Waals surface area contributed by atoms with Gasteiger partial charge in [-0.15, -0.1) is 0 Å². The molecule has 0 unspecified atom stereocenters. The lowest BCUT2D eigenvalue weighted by Gasteiger charge is -2.05. The molecule has 6 nitrogen and oxygen atoms in total. The lowest BCUT2D eigenvalue weighted by molar-refractivity contribution is 0.102. The summed E-state index contributed by atoms with van der Waals surface area (Å²) in [6.45, 7) is 4.28. The molecule has 6 heteroatoms. The number of aromatic nitrogens is 2. The smallest absolute Gasteiger partial charge is 0.256 e. The highest BCUT2D eigenvalue weighted by atomic mass is 16.5. The zero-order chi connectivity index (χ0) is 13.8.